The van der Waals surface area contributed by atoms with Gasteiger partial charge in [0.05, 0.1) is 30.3 Å². The van der Waals surface area contributed by atoms with Gasteiger partial charge in [0.25, 0.3) is 11.8 Å². The summed E-state index contributed by atoms with van der Waals surface area (Å²) in [5.41, 5.74) is 0.312. The van der Waals surface area contributed by atoms with Crippen LogP contribution in [-0.4, -0.2) is 83.3 Å². The number of halogens is 1. The molecule has 2 aromatic carbocycles. The van der Waals surface area contributed by atoms with Crippen molar-refractivity contribution in [3.05, 3.63) is 64.2 Å². The Morgan fingerprint density at radius 1 is 1.17 bits per heavy atom. The van der Waals surface area contributed by atoms with Crippen LogP contribution >= 0.6 is 11.6 Å². The van der Waals surface area contributed by atoms with Crippen LogP contribution < -0.4 is 31.3 Å². The van der Waals surface area contributed by atoms with Crippen LogP contribution in [0.2, 0.25) is 5.02 Å². The summed E-state index contributed by atoms with van der Waals surface area (Å²) in [5, 5.41) is 44.2. The van der Waals surface area contributed by atoms with Crippen LogP contribution in [0.15, 0.2) is 42.5 Å². The highest BCUT2D eigenvalue weighted by atomic mass is 35.5. The molecule has 5 atom stereocenters. The first kappa shape index (κ1) is 27.2. The molecule has 0 aliphatic carbocycles. The summed E-state index contributed by atoms with van der Waals surface area (Å²) < 4.78 is 5.93. The van der Waals surface area contributed by atoms with Crippen molar-refractivity contribution in [1.82, 2.24) is 31.5 Å². The Labute approximate surface area is 242 Å². The van der Waals surface area contributed by atoms with Gasteiger partial charge >= 0.3 is 0 Å². The van der Waals surface area contributed by atoms with Crippen molar-refractivity contribution >= 4 is 35.3 Å². The third kappa shape index (κ3) is 4.41. The third-order valence-corrected chi connectivity index (χ3v) is 8.83. The zero-order valence-electron chi connectivity index (χ0n) is 22.7. The molecule has 2 aromatic rings. The number of nitrogens with one attached hydrogen (secondary N) is 7. The fraction of sp³-hybridized carbons (Fsp3) is 0.429. The molecule has 8 N–H and O–H groups in total. The molecule has 216 valence electrons. The molecule has 0 aromatic heterocycles. The molecule has 3 fully saturated rings. The molecular weight excluding hydrogens is 548 g/mol. The molecule has 1 spiro atoms. The second kappa shape index (κ2) is 9.81. The minimum atomic E-state index is -1.29. The van der Waals surface area contributed by atoms with Crippen LogP contribution in [0.25, 0.3) is 0 Å². The Kier molecular flexibility index (Phi) is 6.50. The molecule has 2 amide bonds. The van der Waals surface area contributed by atoms with Crippen molar-refractivity contribution in [3.8, 4) is 5.75 Å². The standard InChI is InChI=1S/C28H33ClN8O4/c1-27(2)9-10-41-20-16(7-4-8-17(20)27)24(40)33-19-13-37-26(31)34-18(21-28(37,22(19)38)36-25(30)35-21)12-32-23(39)14-5-3-6-15(29)11-14/h3-8,11,18-19,21-22,38H,9-10,12-13H2,1-2H3,(H2,31,34)(H,32,39)(H,33,40)(H3,30,35,36)/t18-,19?,21?,22+,28?/m0/s1. The number of rotatable bonds is 5. The van der Waals surface area contributed by atoms with Crippen LogP contribution in [-0.2, 0) is 5.41 Å². The number of aliphatic hydroxyl groups excluding tert-OH is 1. The predicted octanol–water partition coefficient (Wildman–Crippen LogP) is 0.704. The number of hydrogen-bond donors (Lipinski definition) is 8. The van der Waals surface area contributed by atoms with Crippen molar-refractivity contribution in [2.45, 2.75) is 55.6 Å². The van der Waals surface area contributed by atoms with Gasteiger partial charge in [0.15, 0.2) is 17.6 Å². The smallest absolute Gasteiger partial charge is 0.255 e. The van der Waals surface area contributed by atoms with Crippen molar-refractivity contribution in [1.29, 1.82) is 10.8 Å². The molecule has 13 heteroatoms. The molecule has 41 heavy (non-hydrogen) atoms. The highest BCUT2D eigenvalue weighted by Crippen LogP contribution is 2.41. The first-order chi connectivity index (χ1) is 19.5. The average Bonchev–Trinajstić information content (AvgIpc) is 3.43. The van der Waals surface area contributed by atoms with E-state index < -0.39 is 29.9 Å². The van der Waals surface area contributed by atoms with Gasteiger partial charge in [0.2, 0.25) is 0 Å². The Morgan fingerprint density at radius 2 is 1.95 bits per heavy atom. The van der Waals surface area contributed by atoms with Gasteiger partial charge in [-0.1, -0.05) is 43.6 Å². The fourth-order valence-corrected chi connectivity index (χ4v) is 6.62. The Balaban J connectivity index is 1.22. The number of amides is 2. The monoisotopic (exact) mass is 580 g/mol. The van der Waals surface area contributed by atoms with Crippen molar-refractivity contribution in [3.63, 3.8) is 0 Å². The Bertz CT molecular complexity index is 1450. The number of guanidine groups is 2. The number of carbonyl (C=O) groups excluding carboxylic acids is 2. The summed E-state index contributed by atoms with van der Waals surface area (Å²) in [7, 11) is 0. The third-order valence-electron chi connectivity index (χ3n) is 8.60. The van der Waals surface area contributed by atoms with E-state index in [0.717, 1.165) is 12.0 Å². The van der Waals surface area contributed by atoms with Gasteiger partial charge < -0.3 is 41.3 Å². The molecule has 3 unspecified atom stereocenters. The van der Waals surface area contributed by atoms with E-state index in [1.807, 2.05) is 12.1 Å². The number of nitrogens with zero attached hydrogens (tertiary/aromatic N) is 1. The maximum atomic E-state index is 13.5. The second-order valence-electron chi connectivity index (χ2n) is 11.6. The van der Waals surface area contributed by atoms with Crippen LogP contribution in [0.3, 0.4) is 0 Å². The van der Waals surface area contributed by atoms with E-state index in [9.17, 15) is 14.7 Å². The van der Waals surface area contributed by atoms with Crippen LogP contribution in [0.5, 0.6) is 5.75 Å². The van der Waals surface area contributed by atoms with Gasteiger partial charge in [-0.15, -0.1) is 0 Å². The predicted molar refractivity (Wildman–Crippen MR) is 152 cm³/mol. The quantitative estimate of drug-likeness (QED) is 0.255. The van der Waals surface area contributed by atoms with Gasteiger partial charge in [-0.2, -0.15) is 0 Å². The SMILES string of the molecule is CC1(C)CCOc2c(C(=O)NC3CN4C(=N)N[C@@H](CNC(=O)c5cccc(Cl)c5)C5NC(=N)NC54[C@@H]3O)cccc21. The van der Waals surface area contributed by atoms with E-state index in [0.29, 0.717) is 28.5 Å². The number of aliphatic hydroxyl groups is 1. The summed E-state index contributed by atoms with van der Waals surface area (Å²) >= 11 is 6.03. The molecule has 3 saturated heterocycles. The molecule has 4 aliphatic rings. The van der Waals surface area contributed by atoms with E-state index in [2.05, 4.69) is 40.4 Å². The summed E-state index contributed by atoms with van der Waals surface area (Å²) in [6.07, 6.45) is -0.358. The van der Waals surface area contributed by atoms with Crippen molar-refractivity contribution in [2.24, 2.45) is 0 Å². The van der Waals surface area contributed by atoms with E-state index in [4.69, 9.17) is 27.2 Å². The molecule has 0 bridgehead atoms. The highest BCUT2D eigenvalue weighted by molar-refractivity contribution is 6.31. The number of carbonyl (C=O) groups is 2. The lowest BCUT2D eigenvalue weighted by Gasteiger charge is -2.49. The molecule has 4 aliphatic heterocycles. The van der Waals surface area contributed by atoms with Crippen LogP contribution in [0, 0.1) is 10.8 Å². The molecular formula is C28H33ClN8O4. The van der Waals surface area contributed by atoms with Gasteiger partial charge in [-0.05, 0) is 36.1 Å². The van der Waals surface area contributed by atoms with Crippen LogP contribution in [0.1, 0.15) is 46.5 Å². The van der Waals surface area contributed by atoms with Crippen molar-refractivity contribution < 1.29 is 19.4 Å². The summed E-state index contributed by atoms with van der Waals surface area (Å²) in [4.78, 5) is 27.9. The molecule has 12 nitrogen and oxygen atoms in total. The second-order valence-corrected chi connectivity index (χ2v) is 12.0. The highest BCUT2D eigenvalue weighted by Gasteiger charge is 2.66. The maximum Gasteiger partial charge on any atom is 0.255 e. The number of hydrogen-bond acceptors (Lipinski definition) is 6. The lowest BCUT2D eigenvalue weighted by molar-refractivity contribution is 0.00611. The number of para-hydroxylation sites is 1. The summed E-state index contributed by atoms with van der Waals surface area (Å²) in [6, 6.07) is 10.1. The number of benzene rings is 2. The summed E-state index contributed by atoms with van der Waals surface area (Å²) in [6.45, 7) is 4.97. The van der Waals surface area contributed by atoms with E-state index in [1.165, 1.54) is 0 Å². The van der Waals surface area contributed by atoms with Gasteiger partial charge in [0, 0.05) is 29.2 Å². The molecule has 6 rings (SSSR count). The van der Waals surface area contributed by atoms with Crippen molar-refractivity contribution in [2.75, 3.05) is 19.7 Å². The van der Waals surface area contributed by atoms with E-state index in [1.54, 1.807) is 35.2 Å². The molecule has 0 radical (unpaired) electrons. The van der Waals surface area contributed by atoms with Crippen LogP contribution in [0.4, 0.5) is 0 Å². The maximum absolute atomic E-state index is 13.5. The van der Waals surface area contributed by atoms with E-state index in [-0.39, 0.29) is 42.2 Å². The number of ether oxygens (including phenoxy) is 1. The zero-order valence-corrected chi connectivity index (χ0v) is 23.4. The zero-order chi connectivity index (χ0) is 29.1. The fourth-order valence-electron chi connectivity index (χ4n) is 6.43. The Morgan fingerprint density at radius 3 is 2.73 bits per heavy atom. The molecule has 4 heterocycles. The van der Waals surface area contributed by atoms with Gasteiger partial charge in [-0.3, -0.25) is 20.4 Å². The lowest BCUT2D eigenvalue weighted by atomic mass is 9.79. The topological polar surface area (TPSA) is 175 Å². The largest absolute Gasteiger partial charge is 0.492 e. The van der Waals surface area contributed by atoms with Gasteiger partial charge in [0.1, 0.15) is 11.9 Å². The first-order valence-corrected chi connectivity index (χ1v) is 13.9. The van der Waals surface area contributed by atoms with Gasteiger partial charge in [-0.25, -0.2) is 0 Å². The number of fused-ring (bicyclic) bond motifs is 1. The summed E-state index contributed by atoms with van der Waals surface area (Å²) in [5.74, 6) is -0.198. The minimum absolute atomic E-state index is 0.00484. The normalized spacial score (nSPS) is 29.1. The minimum Gasteiger partial charge on any atom is -0.492 e. The average molecular weight is 581 g/mol. The molecule has 0 saturated carbocycles. The lowest BCUT2D eigenvalue weighted by Crippen LogP contribution is -2.78. The van der Waals surface area contributed by atoms with E-state index >= 15 is 0 Å². The Hall–Kier alpha value is -4.03. The first-order valence-electron chi connectivity index (χ1n) is 13.6.